The van der Waals surface area contributed by atoms with Gasteiger partial charge in [-0.25, -0.2) is 0 Å². The molecule has 0 aromatic carbocycles. The van der Waals surface area contributed by atoms with Crippen molar-refractivity contribution in [1.82, 2.24) is 20.3 Å². The van der Waals surface area contributed by atoms with Gasteiger partial charge in [-0.1, -0.05) is 25.0 Å². The Morgan fingerprint density at radius 3 is 2.94 bits per heavy atom. The summed E-state index contributed by atoms with van der Waals surface area (Å²) >= 11 is 0. The number of aromatic nitrogens is 3. The smallest absolute Gasteiger partial charge is 0.0830 e. The van der Waals surface area contributed by atoms with Crippen LogP contribution in [0.4, 0.5) is 0 Å². The van der Waals surface area contributed by atoms with Crippen LogP contribution in [0.3, 0.4) is 0 Å². The number of aryl methyl sites for hydroxylation is 1. The van der Waals surface area contributed by atoms with Gasteiger partial charge >= 0.3 is 0 Å². The van der Waals surface area contributed by atoms with Crippen LogP contribution in [0.1, 0.15) is 44.7 Å². The molecule has 4 heteroatoms. The lowest BCUT2D eigenvalue weighted by molar-refractivity contribution is 0.260. The lowest BCUT2D eigenvalue weighted by Crippen LogP contribution is -2.39. The zero-order chi connectivity index (χ0) is 12.1. The van der Waals surface area contributed by atoms with Gasteiger partial charge in [-0.05, 0) is 38.1 Å². The van der Waals surface area contributed by atoms with E-state index in [4.69, 9.17) is 0 Å². The Balaban J connectivity index is 1.91. The summed E-state index contributed by atoms with van der Waals surface area (Å²) in [5, 5.41) is 11.9. The van der Waals surface area contributed by atoms with Gasteiger partial charge in [0.05, 0.1) is 5.69 Å². The highest BCUT2D eigenvalue weighted by Crippen LogP contribution is 2.27. The van der Waals surface area contributed by atoms with Gasteiger partial charge in [0.25, 0.3) is 0 Å². The number of hydrogen-bond donors (Lipinski definition) is 1. The minimum Gasteiger partial charge on any atom is -0.314 e. The third-order valence-electron chi connectivity index (χ3n) is 3.69. The average Bonchev–Trinajstić information content (AvgIpc) is 2.74. The fourth-order valence-corrected chi connectivity index (χ4v) is 2.81. The van der Waals surface area contributed by atoms with Crippen LogP contribution in [0.5, 0.6) is 0 Å². The highest BCUT2D eigenvalue weighted by molar-refractivity contribution is 4.97. The molecule has 0 saturated heterocycles. The van der Waals surface area contributed by atoms with Gasteiger partial charge in [-0.2, -0.15) is 0 Å². The Labute approximate surface area is 104 Å². The molecule has 2 atom stereocenters. The van der Waals surface area contributed by atoms with Gasteiger partial charge in [-0.15, -0.1) is 5.10 Å². The van der Waals surface area contributed by atoms with Crippen molar-refractivity contribution in [2.24, 2.45) is 13.0 Å². The topological polar surface area (TPSA) is 42.7 Å². The highest BCUT2D eigenvalue weighted by atomic mass is 15.4. The van der Waals surface area contributed by atoms with Crippen molar-refractivity contribution in [3.8, 4) is 0 Å². The fraction of sp³-hybridized carbons (Fsp3) is 0.846. The second kappa shape index (κ2) is 6.15. The van der Waals surface area contributed by atoms with Crippen molar-refractivity contribution < 1.29 is 0 Å². The molecule has 1 fully saturated rings. The van der Waals surface area contributed by atoms with Crippen molar-refractivity contribution in [3.05, 3.63) is 11.9 Å². The molecule has 2 rings (SSSR count). The van der Waals surface area contributed by atoms with E-state index in [1.807, 2.05) is 13.2 Å². The fourth-order valence-electron chi connectivity index (χ4n) is 2.81. The first-order valence-corrected chi connectivity index (χ1v) is 6.88. The first kappa shape index (κ1) is 12.6. The lowest BCUT2D eigenvalue weighted by atomic mass is 9.81. The zero-order valence-corrected chi connectivity index (χ0v) is 11.0. The van der Waals surface area contributed by atoms with E-state index in [9.17, 15) is 0 Å². The molecule has 0 aliphatic heterocycles. The summed E-state index contributed by atoms with van der Waals surface area (Å²) in [6.45, 7) is 3.37. The van der Waals surface area contributed by atoms with Gasteiger partial charge in [0.1, 0.15) is 0 Å². The molecule has 1 saturated carbocycles. The Morgan fingerprint density at radius 2 is 2.24 bits per heavy atom. The molecule has 1 aliphatic rings. The Hall–Kier alpha value is -0.900. The van der Waals surface area contributed by atoms with Crippen molar-refractivity contribution in [2.45, 2.75) is 51.5 Å². The van der Waals surface area contributed by atoms with E-state index in [0.29, 0.717) is 6.04 Å². The number of nitrogens with one attached hydrogen (secondary N) is 1. The van der Waals surface area contributed by atoms with E-state index in [1.165, 1.54) is 32.1 Å². The molecule has 0 radical (unpaired) electrons. The molecule has 17 heavy (non-hydrogen) atoms. The van der Waals surface area contributed by atoms with Gasteiger partial charge in [0.2, 0.25) is 0 Å². The summed E-state index contributed by atoms with van der Waals surface area (Å²) < 4.78 is 1.80. The third kappa shape index (κ3) is 3.53. The van der Waals surface area contributed by atoms with Crippen LogP contribution in [0.15, 0.2) is 6.20 Å². The monoisotopic (exact) mass is 236 g/mol. The molecule has 1 aliphatic carbocycles. The van der Waals surface area contributed by atoms with E-state index >= 15 is 0 Å². The van der Waals surface area contributed by atoms with E-state index in [1.54, 1.807) is 4.68 Å². The van der Waals surface area contributed by atoms with Crippen LogP contribution in [-0.4, -0.2) is 27.6 Å². The summed E-state index contributed by atoms with van der Waals surface area (Å²) in [6, 6.07) is 0.686. The molecule has 0 spiro atoms. The molecule has 1 aromatic rings. The predicted octanol–water partition coefficient (Wildman–Crippen LogP) is 1.92. The van der Waals surface area contributed by atoms with Crippen LogP contribution in [0.2, 0.25) is 0 Å². The molecule has 0 bridgehead atoms. The maximum absolute atomic E-state index is 4.21. The second-order valence-electron chi connectivity index (χ2n) is 5.19. The molecule has 96 valence electrons. The van der Waals surface area contributed by atoms with Crippen LogP contribution >= 0.6 is 0 Å². The molecule has 1 aromatic heterocycles. The van der Waals surface area contributed by atoms with Crippen molar-refractivity contribution in [1.29, 1.82) is 0 Å². The molecule has 2 unspecified atom stereocenters. The summed E-state index contributed by atoms with van der Waals surface area (Å²) in [7, 11) is 1.93. The molecule has 1 N–H and O–H groups in total. The van der Waals surface area contributed by atoms with Gasteiger partial charge in [0.15, 0.2) is 0 Å². The number of nitrogens with zero attached hydrogens (tertiary/aromatic N) is 3. The summed E-state index contributed by atoms with van der Waals surface area (Å²) in [5.74, 6) is 0.743. The minimum absolute atomic E-state index is 0.686. The first-order chi connectivity index (χ1) is 8.29. The maximum Gasteiger partial charge on any atom is 0.0830 e. The van der Waals surface area contributed by atoms with E-state index in [0.717, 1.165) is 24.6 Å². The third-order valence-corrected chi connectivity index (χ3v) is 3.69. The lowest BCUT2D eigenvalue weighted by Gasteiger charge is -2.32. The highest BCUT2D eigenvalue weighted by Gasteiger charge is 2.25. The second-order valence-corrected chi connectivity index (χ2v) is 5.19. The molecule has 4 nitrogen and oxygen atoms in total. The molecule has 1 heterocycles. The van der Waals surface area contributed by atoms with Gasteiger partial charge < -0.3 is 5.32 Å². The Kier molecular flexibility index (Phi) is 4.54. The molecular formula is C13H24N4. The van der Waals surface area contributed by atoms with E-state index < -0.39 is 0 Å². The number of hydrogen-bond acceptors (Lipinski definition) is 3. The summed E-state index contributed by atoms with van der Waals surface area (Å²) in [4.78, 5) is 0. The Bertz CT molecular complexity index is 334. The summed E-state index contributed by atoms with van der Waals surface area (Å²) in [5.41, 5.74) is 1.14. The van der Waals surface area contributed by atoms with E-state index in [-0.39, 0.29) is 0 Å². The van der Waals surface area contributed by atoms with Crippen LogP contribution in [0.25, 0.3) is 0 Å². The van der Waals surface area contributed by atoms with Crippen molar-refractivity contribution >= 4 is 0 Å². The van der Waals surface area contributed by atoms with Crippen LogP contribution < -0.4 is 5.32 Å². The first-order valence-electron chi connectivity index (χ1n) is 6.88. The SMILES string of the molecule is CCCNC1CCCCC1Cc1cn(C)nn1. The van der Waals surface area contributed by atoms with Crippen molar-refractivity contribution in [3.63, 3.8) is 0 Å². The van der Waals surface area contributed by atoms with Gasteiger partial charge in [0, 0.05) is 19.3 Å². The van der Waals surface area contributed by atoms with Crippen LogP contribution in [-0.2, 0) is 13.5 Å². The maximum atomic E-state index is 4.21. The predicted molar refractivity (Wildman–Crippen MR) is 68.7 cm³/mol. The summed E-state index contributed by atoms with van der Waals surface area (Å²) in [6.07, 6.45) is 9.74. The molecular weight excluding hydrogens is 212 g/mol. The number of rotatable bonds is 5. The van der Waals surface area contributed by atoms with Crippen LogP contribution in [0, 0.1) is 5.92 Å². The standard InChI is InChI=1S/C13H24N4/c1-3-8-14-13-7-5-4-6-11(13)9-12-10-17(2)16-15-12/h10-11,13-14H,3-9H2,1-2H3. The normalized spacial score (nSPS) is 25.1. The van der Waals surface area contributed by atoms with Gasteiger partial charge in [-0.3, -0.25) is 4.68 Å². The largest absolute Gasteiger partial charge is 0.314 e. The molecule has 0 amide bonds. The zero-order valence-electron chi connectivity index (χ0n) is 11.0. The van der Waals surface area contributed by atoms with Crippen molar-refractivity contribution in [2.75, 3.05) is 6.54 Å². The Morgan fingerprint density at radius 1 is 1.41 bits per heavy atom. The average molecular weight is 236 g/mol. The van der Waals surface area contributed by atoms with E-state index in [2.05, 4.69) is 22.6 Å². The quantitative estimate of drug-likeness (QED) is 0.849. The minimum atomic E-state index is 0.686.